The number of esters is 2. The van der Waals surface area contributed by atoms with Gasteiger partial charge in [-0.1, -0.05) is 33.3 Å². The number of carbonyl (C=O) groups is 2. The summed E-state index contributed by atoms with van der Waals surface area (Å²) in [6.45, 7) is 10.5. The number of ether oxygens (including phenoxy) is 2. The lowest BCUT2D eigenvalue weighted by Crippen LogP contribution is -2.78. The lowest BCUT2D eigenvalue weighted by atomic mass is 9.55. The van der Waals surface area contributed by atoms with Gasteiger partial charge in [0.2, 0.25) is 5.60 Å². The van der Waals surface area contributed by atoms with E-state index in [4.69, 9.17) is 9.47 Å². The number of hydrogen-bond donors (Lipinski definition) is 3. The predicted octanol–water partition coefficient (Wildman–Crippen LogP) is 1.62. The lowest BCUT2D eigenvalue weighted by Gasteiger charge is -2.60. The van der Waals surface area contributed by atoms with E-state index in [-0.39, 0.29) is 31.1 Å². The van der Waals surface area contributed by atoms with Crippen molar-refractivity contribution in [3.8, 4) is 0 Å². The molecule has 7 unspecified atom stereocenters. The molecule has 2 saturated carbocycles. The summed E-state index contributed by atoms with van der Waals surface area (Å²) in [5, 5.41) is 36.6. The van der Waals surface area contributed by atoms with E-state index in [1.807, 2.05) is 20.8 Å². The molecule has 7 nitrogen and oxygen atoms in total. The molecule has 3 N–H and O–H groups in total. The molecule has 1 aliphatic heterocycles. The average molecular weight is 408 g/mol. The number of rotatable bonds is 2. The highest BCUT2D eigenvalue weighted by Gasteiger charge is 2.94. The molecular formula is C22H32O7. The van der Waals surface area contributed by atoms with Crippen molar-refractivity contribution in [1.29, 1.82) is 0 Å². The highest BCUT2D eigenvalue weighted by atomic mass is 16.6. The van der Waals surface area contributed by atoms with Crippen molar-refractivity contribution in [3.05, 3.63) is 11.1 Å². The van der Waals surface area contributed by atoms with Crippen molar-refractivity contribution >= 4 is 11.9 Å². The van der Waals surface area contributed by atoms with Gasteiger partial charge in [0, 0.05) is 18.8 Å². The fourth-order valence-electron chi connectivity index (χ4n) is 7.23. The molecule has 0 aromatic rings. The molecule has 162 valence electrons. The Morgan fingerprint density at radius 2 is 1.83 bits per heavy atom. The van der Waals surface area contributed by atoms with E-state index in [0.29, 0.717) is 12.0 Å². The monoisotopic (exact) mass is 408 g/mol. The minimum atomic E-state index is -2.07. The fourth-order valence-corrected chi connectivity index (χ4v) is 7.23. The highest BCUT2D eigenvalue weighted by Crippen LogP contribution is 2.77. The zero-order valence-corrected chi connectivity index (χ0v) is 18.0. The summed E-state index contributed by atoms with van der Waals surface area (Å²) in [5.74, 6) is -1.44. The van der Waals surface area contributed by atoms with Crippen molar-refractivity contribution < 1.29 is 34.4 Å². The van der Waals surface area contributed by atoms with Crippen LogP contribution < -0.4 is 0 Å². The van der Waals surface area contributed by atoms with Gasteiger partial charge in [0.15, 0.2) is 11.7 Å². The van der Waals surface area contributed by atoms with Crippen LogP contribution in [0.4, 0.5) is 0 Å². The number of aliphatic hydroxyl groups is 3. The fraction of sp³-hybridized carbons (Fsp3) is 0.818. The van der Waals surface area contributed by atoms with Crippen LogP contribution in [0.2, 0.25) is 0 Å². The second-order valence-electron chi connectivity index (χ2n) is 10.2. The number of carbonyl (C=O) groups excluding carboxylic acids is 2. The van der Waals surface area contributed by atoms with Crippen LogP contribution >= 0.6 is 0 Å². The first kappa shape index (κ1) is 20.8. The van der Waals surface area contributed by atoms with E-state index in [9.17, 15) is 24.9 Å². The predicted molar refractivity (Wildman–Crippen MR) is 103 cm³/mol. The van der Waals surface area contributed by atoms with Gasteiger partial charge in [0.25, 0.3) is 0 Å². The molecule has 4 rings (SSSR count). The quantitative estimate of drug-likeness (QED) is 0.470. The van der Waals surface area contributed by atoms with Crippen molar-refractivity contribution in [2.24, 2.45) is 17.3 Å². The van der Waals surface area contributed by atoms with Crippen LogP contribution in [0.1, 0.15) is 67.2 Å². The second kappa shape index (κ2) is 5.62. The first-order valence-corrected chi connectivity index (χ1v) is 10.5. The second-order valence-corrected chi connectivity index (χ2v) is 10.2. The maximum Gasteiger partial charge on any atom is 0.307 e. The molecular weight excluding hydrogens is 376 g/mol. The Bertz CT molecular complexity index is 833. The Hall–Kier alpha value is -1.44. The van der Waals surface area contributed by atoms with E-state index in [1.165, 1.54) is 6.92 Å². The van der Waals surface area contributed by atoms with Crippen molar-refractivity contribution in [3.63, 3.8) is 0 Å². The van der Waals surface area contributed by atoms with Gasteiger partial charge >= 0.3 is 11.9 Å². The first-order chi connectivity index (χ1) is 13.2. The van der Waals surface area contributed by atoms with E-state index in [1.54, 1.807) is 13.8 Å². The normalized spacial score (nSPS) is 51.0. The molecule has 7 heteroatoms. The third-order valence-corrected chi connectivity index (χ3v) is 8.69. The molecule has 7 atom stereocenters. The topological polar surface area (TPSA) is 113 Å². The van der Waals surface area contributed by atoms with Crippen molar-refractivity contribution in [1.82, 2.24) is 0 Å². The minimum Gasteiger partial charge on any atom is -0.458 e. The number of hydrogen-bond acceptors (Lipinski definition) is 7. The average Bonchev–Trinajstić information content (AvgIpc) is 2.84. The summed E-state index contributed by atoms with van der Waals surface area (Å²) in [7, 11) is 0. The standard InChI is InChI=1S/C22H32O7/c1-11(2)15-9-20(26)18(6)10-16(24)29-22(21(20,27)13(15)4)17(28-14(5)23)12(3)7-8-19(18,22)25/h11-12,17,25-27H,7-10H2,1-6H3. The zero-order valence-electron chi connectivity index (χ0n) is 18.0. The van der Waals surface area contributed by atoms with Crippen LogP contribution in [0.25, 0.3) is 0 Å². The Morgan fingerprint density at radius 3 is 2.38 bits per heavy atom. The molecule has 0 aromatic heterocycles. The van der Waals surface area contributed by atoms with Gasteiger partial charge in [-0.25, -0.2) is 0 Å². The maximum atomic E-state index is 12.8. The van der Waals surface area contributed by atoms with E-state index in [0.717, 1.165) is 5.57 Å². The Labute approximate surface area is 171 Å². The summed E-state index contributed by atoms with van der Waals surface area (Å²) >= 11 is 0. The Balaban J connectivity index is 2.10. The molecule has 0 spiro atoms. The molecule has 29 heavy (non-hydrogen) atoms. The molecule has 3 fully saturated rings. The SMILES string of the molecule is CC(=O)OC1C(C)CCC2(O)C3(C)CC(=O)OC12C1(O)C(C)=C(C(C)C)CC31O. The molecule has 1 heterocycles. The van der Waals surface area contributed by atoms with Gasteiger partial charge in [-0.05, 0) is 37.2 Å². The largest absolute Gasteiger partial charge is 0.458 e. The van der Waals surface area contributed by atoms with Crippen LogP contribution in [0, 0.1) is 17.3 Å². The van der Waals surface area contributed by atoms with Crippen molar-refractivity contribution in [2.75, 3.05) is 0 Å². The van der Waals surface area contributed by atoms with Gasteiger partial charge in [-0.15, -0.1) is 0 Å². The molecule has 0 amide bonds. The van der Waals surface area contributed by atoms with Gasteiger partial charge < -0.3 is 24.8 Å². The van der Waals surface area contributed by atoms with Crippen molar-refractivity contribution in [2.45, 2.75) is 95.7 Å². The molecule has 4 aliphatic rings. The van der Waals surface area contributed by atoms with Gasteiger partial charge in [-0.3, -0.25) is 9.59 Å². The number of fused-ring (bicyclic) bond motifs is 2. The lowest BCUT2D eigenvalue weighted by molar-refractivity contribution is -0.309. The highest BCUT2D eigenvalue weighted by molar-refractivity contribution is 5.77. The van der Waals surface area contributed by atoms with E-state index in [2.05, 4.69) is 0 Å². The van der Waals surface area contributed by atoms with Crippen LogP contribution in [-0.2, 0) is 19.1 Å². The summed E-state index contributed by atoms with van der Waals surface area (Å²) in [6.07, 6.45) is -0.433. The first-order valence-electron chi connectivity index (χ1n) is 10.5. The Morgan fingerprint density at radius 1 is 1.21 bits per heavy atom. The Kier molecular flexibility index (Phi) is 4.04. The summed E-state index contributed by atoms with van der Waals surface area (Å²) in [4.78, 5) is 24.8. The van der Waals surface area contributed by atoms with E-state index >= 15 is 0 Å². The minimum absolute atomic E-state index is 0.0476. The molecule has 1 saturated heterocycles. The molecule has 2 bridgehead atoms. The summed E-state index contributed by atoms with van der Waals surface area (Å²) < 4.78 is 11.5. The van der Waals surface area contributed by atoms with E-state index < -0.39 is 45.9 Å². The third kappa shape index (κ3) is 1.87. The maximum absolute atomic E-state index is 12.8. The van der Waals surface area contributed by atoms with Crippen LogP contribution in [-0.4, -0.2) is 55.8 Å². The van der Waals surface area contributed by atoms with Crippen LogP contribution in [0.15, 0.2) is 11.1 Å². The summed E-state index contributed by atoms with van der Waals surface area (Å²) in [5.41, 5.74) is -7.59. The van der Waals surface area contributed by atoms with Crippen LogP contribution in [0.5, 0.6) is 0 Å². The molecule has 0 aromatic carbocycles. The zero-order chi connectivity index (χ0) is 21.8. The van der Waals surface area contributed by atoms with Gasteiger partial charge in [0.05, 0.1) is 6.42 Å². The third-order valence-electron chi connectivity index (χ3n) is 8.69. The van der Waals surface area contributed by atoms with Gasteiger partial charge in [-0.2, -0.15) is 0 Å². The van der Waals surface area contributed by atoms with Gasteiger partial charge in [0.1, 0.15) is 11.2 Å². The van der Waals surface area contributed by atoms with Crippen LogP contribution in [0.3, 0.4) is 0 Å². The smallest absolute Gasteiger partial charge is 0.307 e. The molecule has 0 radical (unpaired) electrons. The molecule has 3 aliphatic carbocycles. The summed E-state index contributed by atoms with van der Waals surface area (Å²) in [6, 6.07) is 0.